The molecule has 1 heterocycles. The number of rotatable bonds is 8. The van der Waals surface area contributed by atoms with Gasteiger partial charge in [0.25, 0.3) is 0 Å². The van der Waals surface area contributed by atoms with Gasteiger partial charge in [-0.3, -0.25) is 9.59 Å². The molecule has 1 saturated heterocycles. The highest BCUT2D eigenvalue weighted by atomic mass is 16.5. The number of likely N-dealkylation sites (tertiary alicyclic amines) is 1. The van der Waals surface area contributed by atoms with Crippen molar-refractivity contribution in [2.75, 3.05) is 33.9 Å². The van der Waals surface area contributed by atoms with Gasteiger partial charge in [0.2, 0.25) is 11.8 Å². The molecule has 1 aromatic carbocycles. The Bertz CT molecular complexity index is 591. The average Bonchev–Trinajstić information content (AvgIpc) is 2.64. The van der Waals surface area contributed by atoms with Crippen molar-refractivity contribution in [3.8, 4) is 5.75 Å². The maximum absolute atomic E-state index is 12.7. The molecule has 0 radical (unpaired) electrons. The van der Waals surface area contributed by atoms with Crippen LogP contribution in [0.2, 0.25) is 0 Å². The molecule has 2 amide bonds. The topological polar surface area (TPSA) is 67.9 Å². The molecule has 1 fully saturated rings. The first-order chi connectivity index (χ1) is 12.1. The summed E-state index contributed by atoms with van der Waals surface area (Å²) in [4.78, 5) is 27.1. The molecular weight excluding hydrogens is 320 g/mol. The fourth-order valence-electron chi connectivity index (χ4n) is 3.36. The summed E-state index contributed by atoms with van der Waals surface area (Å²) in [6.07, 6.45) is 1.80. The fourth-order valence-corrected chi connectivity index (χ4v) is 3.36. The molecule has 0 bridgehead atoms. The summed E-state index contributed by atoms with van der Waals surface area (Å²) in [5, 5.41) is 2.98. The van der Waals surface area contributed by atoms with E-state index in [1.807, 2.05) is 31.2 Å². The first kappa shape index (κ1) is 19.2. The van der Waals surface area contributed by atoms with Crippen LogP contribution in [0.25, 0.3) is 0 Å². The third-order valence-electron chi connectivity index (χ3n) is 4.59. The van der Waals surface area contributed by atoms with Crippen molar-refractivity contribution in [3.05, 3.63) is 29.8 Å². The highest BCUT2D eigenvalue weighted by Gasteiger charge is 2.41. The number of benzene rings is 1. The van der Waals surface area contributed by atoms with Crippen LogP contribution in [0.4, 0.5) is 0 Å². The third-order valence-corrected chi connectivity index (χ3v) is 4.59. The van der Waals surface area contributed by atoms with E-state index in [0.29, 0.717) is 38.3 Å². The molecule has 0 spiro atoms. The number of ether oxygens (including phenoxy) is 2. The minimum atomic E-state index is -0.343. The maximum atomic E-state index is 12.7. The minimum Gasteiger partial charge on any atom is -0.496 e. The number of carbonyl (C=O) groups is 2. The zero-order valence-corrected chi connectivity index (χ0v) is 15.3. The number of carbonyl (C=O) groups excluding carboxylic acids is 2. The van der Waals surface area contributed by atoms with Crippen molar-refractivity contribution in [1.82, 2.24) is 10.2 Å². The molecule has 25 heavy (non-hydrogen) atoms. The van der Waals surface area contributed by atoms with E-state index in [1.165, 1.54) is 0 Å². The summed E-state index contributed by atoms with van der Waals surface area (Å²) in [7, 11) is 3.22. The van der Waals surface area contributed by atoms with Gasteiger partial charge in [0.05, 0.1) is 25.7 Å². The van der Waals surface area contributed by atoms with Crippen molar-refractivity contribution in [2.24, 2.45) is 5.92 Å². The lowest BCUT2D eigenvalue weighted by Gasteiger charge is -2.41. The number of piperidine rings is 1. The molecule has 0 unspecified atom stereocenters. The van der Waals surface area contributed by atoms with Crippen molar-refractivity contribution in [1.29, 1.82) is 0 Å². The van der Waals surface area contributed by atoms with Crippen LogP contribution >= 0.6 is 0 Å². The van der Waals surface area contributed by atoms with Gasteiger partial charge in [-0.2, -0.15) is 0 Å². The highest BCUT2D eigenvalue weighted by molar-refractivity contribution is 5.85. The summed E-state index contributed by atoms with van der Waals surface area (Å²) in [5.41, 5.74) is 0.866. The first-order valence-corrected chi connectivity index (χ1v) is 8.83. The van der Waals surface area contributed by atoms with Gasteiger partial charge in [-0.25, -0.2) is 0 Å². The van der Waals surface area contributed by atoms with E-state index in [4.69, 9.17) is 9.47 Å². The molecule has 6 nitrogen and oxygen atoms in total. The summed E-state index contributed by atoms with van der Waals surface area (Å²) in [5.74, 6) is 0.440. The molecule has 6 heteroatoms. The van der Waals surface area contributed by atoms with Crippen molar-refractivity contribution in [2.45, 2.75) is 32.2 Å². The van der Waals surface area contributed by atoms with Gasteiger partial charge in [0.15, 0.2) is 0 Å². The number of nitrogens with one attached hydrogen (secondary N) is 1. The zero-order valence-electron chi connectivity index (χ0n) is 15.3. The molecule has 0 aliphatic carbocycles. The second-order valence-corrected chi connectivity index (χ2v) is 6.20. The normalized spacial score (nSPS) is 20.4. The van der Waals surface area contributed by atoms with Gasteiger partial charge >= 0.3 is 0 Å². The summed E-state index contributed by atoms with van der Waals surface area (Å²) in [6, 6.07) is 7.25. The van der Waals surface area contributed by atoms with Crippen LogP contribution in [0, 0.1) is 5.92 Å². The number of nitrogens with zero attached hydrogens (tertiary/aromatic N) is 1. The van der Waals surface area contributed by atoms with Gasteiger partial charge < -0.3 is 19.7 Å². The quantitative estimate of drug-likeness (QED) is 0.782. The van der Waals surface area contributed by atoms with Gasteiger partial charge in [-0.05, 0) is 18.9 Å². The highest BCUT2D eigenvalue weighted by Crippen LogP contribution is 2.40. The Hall–Kier alpha value is -2.08. The largest absolute Gasteiger partial charge is 0.496 e. The molecular formula is C19H28N2O4. The third kappa shape index (κ3) is 4.51. The van der Waals surface area contributed by atoms with Crippen LogP contribution in [-0.4, -0.2) is 50.6 Å². The van der Waals surface area contributed by atoms with Crippen molar-refractivity contribution >= 4 is 11.8 Å². The fraction of sp³-hybridized carbons (Fsp3) is 0.579. The van der Waals surface area contributed by atoms with E-state index >= 15 is 0 Å². The van der Waals surface area contributed by atoms with Crippen LogP contribution in [0.3, 0.4) is 0 Å². The summed E-state index contributed by atoms with van der Waals surface area (Å²) >= 11 is 0. The van der Waals surface area contributed by atoms with E-state index in [-0.39, 0.29) is 23.8 Å². The SMILES string of the molecule is CCCNC(=O)[C@@H]1CCC(=O)N(CCOC)[C@H]1c1ccccc1OC. The van der Waals surface area contributed by atoms with Gasteiger partial charge in [0.1, 0.15) is 5.75 Å². The Labute approximate surface area is 149 Å². The van der Waals surface area contributed by atoms with Crippen molar-refractivity contribution < 1.29 is 19.1 Å². The van der Waals surface area contributed by atoms with Crippen molar-refractivity contribution in [3.63, 3.8) is 0 Å². The smallest absolute Gasteiger partial charge is 0.225 e. The van der Waals surface area contributed by atoms with E-state index in [0.717, 1.165) is 12.0 Å². The molecule has 0 saturated carbocycles. The standard InChI is InChI=1S/C19H28N2O4/c1-4-11-20-19(23)15-9-10-17(22)21(12-13-24-2)18(15)14-7-5-6-8-16(14)25-3/h5-8,15,18H,4,9-13H2,1-3H3,(H,20,23)/t15-,18+/m1/s1. The Balaban J connectivity index is 2.40. The molecule has 138 valence electrons. The van der Waals surface area contributed by atoms with Crippen LogP contribution < -0.4 is 10.1 Å². The predicted octanol–water partition coefficient (Wildman–Crippen LogP) is 2.15. The number of methoxy groups -OCH3 is 2. The molecule has 1 aromatic rings. The summed E-state index contributed by atoms with van der Waals surface area (Å²) < 4.78 is 10.7. The van der Waals surface area contributed by atoms with E-state index < -0.39 is 0 Å². The molecule has 0 aromatic heterocycles. The number of amides is 2. The second kappa shape index (κ2) is 9.42. The molecule has 1 N–H and O–H groups in total. The van der Waals surface area contributed by atoms with E-state index in [1.54, 1.807) is 19.1 Å². The zero-order chi connectivity index (χ0) is 18.2. The Morgan fingerprint density at radius 3 is 2.76 bits per heavy atom. The average molecular weight is 348 g/mol. The first-order valence-electron chi connectivity index (χ1n) is 8.83. The van der Waals surface area contributed by atoms with E-state index in [9.17, 15) is 9.59 Å². The molecule has 2 atom stereocenters. The van der Waals surface area contributed by atoms with E-state index in [2.05, 4.69) is 5.32 Å². The summed E-state index contributed by atoms with van der Waals surface area (Å²) in [6.45, 7) is 3.55. The lowest BCUT2D eigenvalue weighted by Crippen LogP contribution is -2.49. The predicted molar refractivity (Wildman–Crippen MR) is 95.3 cm³/mol. The van der Waals surface area contributed by atoms with Gasteiger partial charge in [0, 0.05) is 32.2 Å². The van der Waals surface area contributed by atoms with Crippen LogP contribution in [0.1, 0.15) is 37.8 Å². The number of hydrogen-bond donors (Lipinski definition) is 1. The molecule has 2 rings (SSSR count). The number of hydrogen-bond acceptors (Lipinski definition) is 4. The maximum Gasteiger partial charge on any atom is 0.225 e. The van der Waals surface area contributed by atoms with Gasteiger partial charge in [-0.15, -0.1) is 0 Å². The van der Waals surface area contributed by atoms with Crippen LogP contribution in [0.15, 0.2) is 24.3 Å². The van der Waals surface area contributed by atoms with Crippen LogP contribution in [-0.2, 0) is 14.3 Å². The molecule has 1 aliphatic heterocycles. The van der Waals surface area contributed by atoms with Gasteiger partial charge in [-0.1, -0.05) is 25.1 Å². The Kier molecular flexibility index (Phi) is 7.25. The lowest BCUT2D eigenvalue weighted by atomic mass is 9.83. The Morgan fingerprint density at radius 2 is 2.08 bits per heavy atom. The minimum absolute atomic E-state index is 0.00678. The Morgan fingerprint density at radius 1 is 1.32 bits per heavy atom. The van der Waals surface area contributed by atoms with Crippen LogP contribution in [0.5, 0.6) is 5.75 Å². The number of para-hydroxylation sites is 1. The molecule has 1 aliphatic rings. The monoisotopic (exact) mass is 348 g/mol. The second-order valence-electron chi connectivity index (χ2n) is 6.20. The lowest BCUT2D eigenvalue weighted by molar-refractivity contribution is -0.144.